The molecule has 0 amide bonds. The molecule has 2 atom stereocenters. The summed E-state index contributed by atoms with van der Waals surface area (Å²) in [5.41, 5.74) is 0. The second-order valence-electron chi connectivity index (χ2n) is 5.02. The molecule has 5 heteroatoms. The molecule has 1 aliphatic rings. The number of ether oxygens (including phenoxy) is 1. The molecule has 1 saturated heterocycles. The van der Waals surface area contributed by atoms with Crippen LogP contribution in [0.1, 0.15) is 44.3 Å². The van der Waals surface area contributed by atoms with E-state index in [0.717, 1.165) is 18.7 Å². The van der Waals surface area contributed by atoms with Crippen molar-refractivity contribution in [3.05, 3.63) is 11.7 Å². The summed E-state index contributed by atoms with van der Waals surface area (Å²) in [6.07, 6.45) is 2.07. The van der Waals surface area contributed by atoms with E-state index in [1.54, 1.807) is 0 Å². The Kier molecular flexibility index (Phi) is 4.12. The minimum atomic E-state index is -0.429. The van der Waals surface area contributed by atoms with E-state index in [1.807, 2.05) is 0 Å². The van der Waals surface area contributed by atoms with Gasteiger partial charge in [-0.15, -0.1) is 0 Å². The molecule has 2 unspecified atom stereocenters. The lowest BCUT2D eigenvalue weighted by molar-refractivity contribution is -0.0149. The van der Waals surface area contributed by atoms with Gasteiger partial charge >= 0.3 is 0 Å². The van der Waals surface area contributed by atoms with E-state index in [9.17, 15) is 5.11 Å². The minimum absolute atomic E-state index is 0.163. The molecule has 0 radical (unpaired) electrons. The first-order chi connectivity index (χ1) is 8.16. The van der Waals surface area contributed by atoms with Crippen LogP contribution in [-0.4, -0.2) is 34.6 Å². The summed E-state index contributed by atoms with van der Waals surface area (Å²) in [5.74, 6) is 1.70. The zero-order valence-corrected chi connectivity index (χ0v) is 10.4. The maximum Gasteiger partial charge on any atom is 0.234 e. The molecule has 2 heterocycles. The van der Waals surface area contributed by atoms with E-state index < -0.39 is 6.10 Å². The van der Waals surface area contributed by atoms with Gasteiger partial charge in [0.2, 0.25) is 5.89 Å². The van der Waals surface area contributed by atoms with Crippen molar-refractivity contribution in [1.82, 2.24) is 10.1 Å². The lowest BCUT2D eigenvalue weighted by Gasteiger charge is -2.24. The fourth-order valence-electron chi connectivity index (χ4n) is 1.90. The number of aryl methyl sites for hydroxylation is 1. The van der Waals surface area contributed by atoms with E-state index >= 15 is 0 Å². The average molecular weight is 240 g/mol. The maximum absolute atomic E-state index is 9.84. The molecule has 1 N–H and O–H groups in total. The number of nitrogens with zero attached hydrogens (tertiary/aromatic N) is 2. The van der Waals surface area contributed by atoms with E-state index in [4.69, 9.17) is 9.26 Å². The highest BCUT2D eigenvalue weighted by molar-refractivity contribution is 4.99. The Balaban J connectivity index is 1.97. The highest BCUT2D eigenvalue weighted by Crippen LogP contribution is 2.24. The summed E-state index contributed by atoms with van der Waals surface area (Å²) in [5, 5.41) is 13.8. The molecule has 0 spiro atoms. The summed E-state index contributed by atoms with van der Waals surface area (Å²) in [4.78, 5) is 4.34. The molecule has 1 aromatic rings. The highest BCUT2D eigenvalue weighted by Gasteiger charge is 2.30. The number of aliphatic hydroxyl groups is 1. The van der Waals surface area contributed by atoms with E-state index in [1.165, 1.54) is 0 Å². The smallest absolute Gasteiger partial charge is 0.234 e. The van der Waals surface area contributed by atoms with Crippen LogP contribution in [0.5, 0.6) is 0 Å². The molecule has 17 heavy (non-hydrogen) atoms. The Hall–Kier alpha value is -0.940. The second-order valence-corrected chi connectivity index (χ2v) is 5.02. The van der Waals surface area contributed by atoms with E-state index in [-0.39, 0.29) is 5.92 Å². The first kappa shape index (κ1) is 12.5. The first-order valence-electron chi connectivity index (χ1n) is 6.25. The van der Waals surface area contributed by atoms with Gasteiger partial charge < -0.3 is 14.4 Å². The van der Waals surface area contributed by atoms with Crippen LogP contribution in [0.4, 0.5) is 0 Å². The van der Waals surface area contributed by atoms with Gasteiger partial charge in [-0.2, -0.15) is 4.98 Å². The molecule has 0 saturated carbocycles. The summed E-state index contributed by atoms with van der Waals surface area (Å²) >= 11 is 0. The Morgan fingerprint density at radius 1 is 1.47 bits per heavy atom. The predicted molar refractivity (Wildman–Crippen MR) is 61.6 cm³/mol. The molecule has 0 aromatic carbocycles. The number of hydrogen-bond acceptors (Lipinski definition) is 5. The topological polar surface area (TPSA) is 68.4 Å². The van der Waals surface area contributed by atoms with Crippen LogP contribution in [-0.2, 0) is 11.2 Å². The molecule has 5 nitrogen and oxygen atoms in total. The average Bonchev–Trinajstić information content (AvgIpc) is 2.75. The van der Waals surface area contributed by atoms with Gasteiger partial charge in [-0.25, -0.2) is 0 Å². The molecule has 1 aliphatic heterocycles. The van der Waals surface area contributed by atoms with Crippen LogP contribution in [0.25, 0.3) is 0 Å². The monoisotopic (exact) mass is 240 g/mol. The summed E-state index contributed by atoms with van der Waals surface area (Å²) < 4.78 is 10.5. The van der Waals surface area contributed by atoms with Gasteiger partial charge in [0.25, 0.3) is 0 Å². The molecule has 96 valence electrons. The van der Waals surface area contributed by atoms with Gasteiger partial charge in [-0.3, -0.25) is 0 Å². The predicted octanol–water partition coefficient (Wildman–Crippen LogP) is 1.52. The molecule has 2 rings (SSSR count). The Morgan fingerprint density at radius 2 is 2.29 bits per heavy atom. The van der Waals surface area contributed by atoms with Gasteiger partial charge in [0.05, 0.1) is 18.6 Å². The van der Waals surface area contributed by atoms with E-state index in [2.05, 4.69) is 24.0 Å². The Bertz CT molecular complexity index is 351. The number of aliphatic hydroxyl groups excluding tert-OH is 1. The van der Waals surface area contributed by atoms with Gasteiger partial charge in [0.15, 0.2) is 5.82 Å². The largest absolute Gasteiger partial charge is 0.392 e. The fourth-order valence-corrected chi connectivity index (χ4v) is 1.90. The molecular formula is C12H20N2O3. The normalized spacial score (nSPS) is 25.4. The molecule has 0 aliphatic carbocycles. The van der Waals surface area contributed by atoms with Crippen molar-refractivity contribution in [3.8, 4) is 0 Å². The summed E-state index contributed by atoms with van der Waals surface area (Å²) in [7, 11) is 0. The third-order valence-corrected chi connectivity index (χ3v) is 3.07. The van der Waals surface area contributed by atoms with Crippen LogP contribution in [0.3, 0.4) is 0 Å². The first-order valence-corrected chi connectivity index (χ1v) is 6.25. The Labute approximate surface area is 101 Å². The molecule has 1 aromatic heterocycles. The van der Waals surface area contributed by atoms with Gasteiger partial charge in [-0.05, 0) is 18.8 Å². The van der Waals surface area contributed by atoms with Gasteiger partial charge in [-0.1, -0.05) is 19.0 Å². The van der Waals surface area contributed by atoms with Crippen molar-refractivity contribution in [2.75, 3.05) is 13.2 Å². The zero-order chi connectivity index (χ0) is 12.3. The number of hydrogen-bond donors (Lipinski definition) is 1. The molecule has 0 bridgehead atoms. The van der Waals surface area contributed by atoms with Crippen molar-refractivity contribution in [3.63, 3.8) is 0 Å². The van der Waals surface area contributed by atoms with E-state index in [0.29, 0.717) is 31.4 Å². The van der Waals surface area contributed by atoms with Crippen molar-refractivity contribution in [2.45, 2.75) is 45.1 Å². The third kappa shape index (κ3) is 3.26. The van der Waals surface area contributed by atoms with Crippen molar-refractivity contribution < 1.29 is 14.4 Å². The number of rotatable bonds is 4. The van der Waals surface area contributed by atoms with Crippen LogP contribution in [0, 0.1) is 5.92 Å². The molecular weight excluding hydrogens is 220 g/mol. The Morgan fingerprint density at radius 3 is 3.00 bits per heavy atom. The van der Waals surface area contributed by atoms with Crippen molar-refractivity contribution in [1.29, 1.82) is 0 Å². The van der Waals surface area contributed by atoms with Crippen LogP contribution >= 0.6 is 0 Å². The van der Waals surface area contributed by atoms with Gasteiger partial charge in [0.1, 0.15) is 0 Å². The number of aromatic nitrogens is 2. The SMILES string of the molecule is CC(C)CCc1noc(C2COCCC2O)n1. The quantitative estimate of drug-likeness (QED) is 0.864. The van der Waals surface area contributed by atoms with Crippen LogP contribution in [0.2, 0.25) is 0 Å². The summed E-state index contributed by atoms with van der Waals surface area (Å²) in [6.45, 7) is 5.40. The second kappa shape index (κ2) is 5.60. The fraction of sp³-hybridized carbons (Fsp3) is 0.833. The highest BCUT2D eigenvalue weighted by atomic mass is 16.5. The standard InChI is InChI=1S/C12H20N2O3/c1-8(2)3-4-11-13-12(17-14-11)9-7-16-6-5-10(9)15/h8-10,15H,3-7H2,1-2H3. The van der Waals surface area contributed by atoms with Crippen molar-refractivity contribution >= 4 is 0 Å². The van der Waals surface area contributed by atoms with Gasteiger partial charge in [0, 0.05) is 13.0 Å². The maximum atomic E-state index is 9.84. The van der Waals surface area contributed by atoms with Crippen molar-refractivity contribution in [2.24, 2.45) is 5.92 Å². The summed E-state index contributed by atoms with van der Waals surface area (Å²) in [6, 6.07) is 0. The van der Waals surface area contributed by atoms with Crippen LogP contribution in [0.15, 0.2) is 4.52 Å². The van der Waals surface area contributed by atoms with Crippen LogP contribution < -0.4 is 0 Å². The third-order valence-electron chi connectivity index (χ3n) is 3.07. The molecule has 1 fully saturated rings. The zero-order valence-electron chi connectivity index (χ0n) is 10.4. The lowest BCUT2D eigenvalue weighted by atomic mass is 9.99. The minimum Gasteiger partial charge on any atom is -0.392 e. The lowest BCUT2D eigenvalue weighted by Crippen LogP contribution is -2.30.